The average Bonchev–Trinajstić information content (AvgIpc) is 2.81. The van der Waals surface area contributed by atoms with E-state index in [2.05, 4.69) is 0 Å². The molecule has 0 amide bonds. The number of hydrogen-bond donors (Lipinski definition) is 1. The maximum Gasteiger partial charge on any atom is 0.246 e. The van der Waals surface area contributed by atoms with Gasteiger partial charge in [0.2, 0.25) is 10.0 Å². The topological polar surface area (TPSA) is 63.4 Å². The molecule has 8 heteroatoms. The maximum absolute atomic E-state index is 13.7. The van der Waals surface area contributed by atoms with Crippen molar-refractivity contribution in [1.82, 2.24) is 4.31 Å². The van der Waals surface area contributed by atoms with Gasteiger partial charge in [-0.1, -0.05) is 11.6 Å². The Labute approximate surface area is 123 Å². The van der Waals surface area contributed by atoms with Crippen LogP contribution in [0.4, 0.5) is 4.39 Å². The van der Waals surface area contributed by atoms with E-state index in [9.17, 15) is 12.8 Å². The Morgan fingerprint density at radius 3 is 2.79 bits per heavy atom. The van der Waals surface area contributed by atoms with E-state index in [0.717, 1.165) is 18.6 Å². The molecule has 1 unspecified atom stereocenters. The second-order valence-corrected chi connectivity index (χ2v) is 6.52. The molecule has 0 spiro atoms. The fourth-order valence-corrected chi connectivity index (χ4v) is 4.20. The number of hydrogen-bond acceptors (Lipinski definition) is 3. The Hall–Kier alpha value is -0.400. The van der Waals surface area contributed by atoms with Gasteiger partial charge in [0.05, 0.1) is 0 Å². The Morgan fingerprint density at radius 1 is 1.47 bits per heavy atom. The number of nitrogens with zero attached hydrogens (tertiary/aromatic N) is 1. The molecule has 1 aromatic carbocycles. The van der Waals surface area contributed by atoms with Crippen molar-refractivity contribution in [3.05, 3.63) is 29.0 Å². The predicted octanol–water partition coefficient (Wildman–Crippen LogP) is 2.01. The van der Waals surface area contributed by atoms with Crippen LogP contribution in [0, 0.1) is 5.82 Å². The van der Waals surface area contributed by atoms with E-state index in [-0.39, 0.29) is 34.9 Å². The normalized spacial score (nSPS) is 20.3. The summed E-state index contributed by atoms with van der Waals surface area (Å²) in [5.74, 6) is -0.790. The van der Waals surface area contributed by atoms with Gasteiger partial charge in [-0.15, -0.1) is 12.4 Å². The molecule has 108 valence electrons. The lowest BCUT2D eigenvalue weighted by Crippen LogP contribution is -2.40. The first-order chi connectivity index (χ1) is 8.46. The molecular formula is C11H15Cl2FN2O2S. The number of nitrogens with two attached hydrogens (primary N) is 1. The lowest BCUT2D eigenvalue weighted by atomic mass is 10.2. The lowest BCUT2D eigenvalue weighted by Gasteiger charge is -2.23. The van der Waals surface area contributed by atoms with E-state index < -0.39 is 15.8 Å². The van der Waals surface area contributed by atoms with Gasteiger partial charge in [0.15, 0.2) is 0 Å². The molecule has 0 saturated carbocycles. The number of benzene rings is 1. The number of rotatable bonds is 3. The summed E-state index contributed by atoms with van der Waals surface area (Å²) in [7, 11) is -3.86. The molecule has 4 nitrogen and oxygen atoms in total. The maximum atomic E-state index is 13.7. The molecule has 1 aliphatic rings. The molecule has 1 fully saturated rings. The summed E-state index contributed by atoms with van der Waals surface area (Å²) in [6.45, 7) is 0.609. The van der Waals surface area contributed by atoms with Gasteiger partial charge >= 0.3 is 0 Å². The van der Waals surface area contributed by atoms with Gasteiger partial charge in [-0.3, -0.25) is 0 Å². The van der Waals surface area contributed by atoms with Crippen LogP contribution in [0.5, 0.6) is 0 Å². The van der Waals surface area contributed by atoms with Crippen LogP contribution in [0.2, 0.25) is 5.02 Å². The first-order valence-electron chi connectivity index (χ1n) is 5.64. The molecule has 1 aromatic rings. The molecule has 19 heavy (non-hydrogen) atoms. The Morgan fingerprint density at radius 2 is 2.16 bits per heavy atom. The third-order valence-electron chi connectivity index (χ3n) is 3.08. The minimum absolute atomic E-state index is 0. The van der Waals surface area contributed by atoms with Crippen LogP contribution >= 0.6 is 24.0 Å². The van der Waals surface area contributed by atoms with E-state index in [1.165, 1.54) is 10.4 Å². The Kier molecular flexibility index (Phi) is 5.58. The van der Waals surface area contributed by atoms with Gasteiger partial charge in [0.25, 0.3) is 0 Å². The molecule has 0 bridgehead atoms. The van der Waals surface area contributed by atoms with Crippen molar-refractivity contribution in [2.75, 3.05) is 13.1 Å². The molecule has 0 aromatic heterocycles. The van der Waals surface area contributed by atoms with Crippen LogP contribution in [0.1, 0.15) is 12.8 Å². The highest BCUT2D eigenvalue weighted by atomic mass is 35.5. The van der Waals surface area contributed by atoms with Crippen molar-refractivity contribution in [3.63, 3.8) is 0 Å². The molecule has 1 atom stereocenters. The zero-order valence-corrected chi connectivity index (χ0v) is 12.4. The van der Waals surface area contributed by atoms with Gasteiger partial charge in [-0.2, -0.15) is 4.31 Å². The molecule has 1 saturated heterocycles. The van der Waals surface area contributed by atoms with Crippen LogP contribution in [0.15, 0.2) is 23.1 Å². The van der Waals surface area contributed by atoms with E-state index in [4.69, 9.17) is 17.3 Å². The number of halogens is 3. The quantitative estimate of drug-likeness (QED) is 0.923. The first kappa shape index (κ1) is 16.7. The van der Waals surface area contributed by atoms with Crippen LogP contribution in [0.25, 0.3) is 0 Å². The summed E-state index contributed by atoms with van der Waals surface area (Å²) < 4.78 is 39.6. The zero-order valence-electron chi connectivity index (χ0n) is 10.1. The molecule has 0 aliphatic carbocycles. The van der Waals surface area contributed by atoms with Crippen molar-refractivity contribution in [2.45, 2.75) is 23.8 Å². The van der Waals surface area contributed by atoms with E-state index >= 15 is 0 Å². The van der Waals surface area contributed by atoms with Gasteiger partial charge < -0.3 is 5.73 Å². The summed E-state index contributed by atoms with van der Waals surface area (Å²) in [5, 5.41) is 0.193. The summed E-state index contributed by atoms with van der Waals surface area (Å²) >= 11 is 5.73. The fourth-order valence-electron chi connectivity index (χ4n) is 2.16. The summed E-state index contributed by atoms with van der Waals surface area (Å²) in [6.07, 6.45) is 1.45. The molecule has 1 heterocycles. The molecule has 2 N–H and O–H groups in total. The van der Waals surface area contributed by atoms with Crippen molar-refractivity contribution in [3.8, 4) is 0 Å². The van der Waals surface area contributed by atoms with E-state index in [0.29, 0.717) is 13.0 Å². The first-order valence-corrected chi connectivity index (χ1v) is 7.45. The van der Waals surface area contributed by atoms with Crippen molar-refractivity contribution in [2.24, 2.45) is 5.73 Å². The zero-order chi connectivity index (χ0) is 13.3. The molecular weight excluding hydrogens is 314 g/mol. The van der Waals surface area contributed by atoms with Gasteiger partial charge in [-0.25, -0.2) is 12.8 Å². The molecule has 2 rings (SSSR count). The second kappa shape index (κ2) is 6.37. The van der Waals surface area contributed by atoms with Crippen molar-refractivity contribution >= 4 is 34.0 Å². The van der Waals surface area contributed by atoms with Gasteiger partial charge in [-0.05, 0) is 31.0 Å². The van der Waals surface area contributed by atoms with Crippen LogP contribution in [-0.2, 0) is 10.0 Å². The Bertz CT molecular complexity index is 554. The number of sulfonamides is 1. The predicted molar refractivity (Wildman–Crippen MR) is 74.6 cm³/mol. The van der Waals surface area contributed by atoms with Crippen LogP contribution < -0.4 is 5.73 Å². The summed E-state index contributed by atoms with van der Waals surface area (Å²) in [6, 6.07) is 3.26. The average molecular weight is 329 g/mol. The highest BCUT2D eigenvalue weighted by Gasteiger charge is 2.35. The third-order valence-corrected chi connectivity index (χ3v) is 5.28. The Balaban J connectivity index is 0.00000180. The standard InChI is InChI=1S/C11H14ClFN2O2S.ClH/c12-8-3-4-10(13)11(6-8)18(16,17)15-5-1-2-9(15)7-14;/h3-4,6,9H,1-2,5,7,14H2;1H. The minimum atomic E-state index is -3.86. The highest BCUT2D eigenvalue weighted by Crippen LogP contribution is 2.28. The molecule has 1 aliphatic heterocycles. The highest BCUT2D eigenvalue weighted by molar-refractivity contribution is 7.89. The van der Waals surface area contributed by atoms with Gasteiger partial charge in [0, 0.05) is 24.2 Å². The van der Waals surface area contributed by atoms with E-state index in [1.807, 2.05) is 0 Å². The largest absolute Gasteiger partial charge is 0.329 e. The molecule has 0 radical (unpaired) electrons. The van der Waals surface area contributed by atoms with E-state index in [1.54, 1.807) is 0 Å². The smallest absolute Gasteiger partial charge is 0.246 e. The second-order valence-electron chi connectivity index (χ2n) is 4.22. The monoisotopic (exact) mass is 328 g/mol. The summed E-state index contributed by atoms with van der Waals surface area (Å²) in [5.41, 5.74) is 5.54. The summed E-state index contributed by atoms with van der Waals surface area (Å²) in [4.78, 5) is -0.379. The minimum Gasteiger partial charge on any atom is -0.329 e. The van der Waals surface area contributed by atoms with Crippen LogP contribution in [0.3, 0.4) is 0 Å². The fraction of sp³-hybridized carbons (Fsp3) is 0.455. The van der Waals surface area contributed by atoms with Crippen LogP contribution in [-0.4, -0.2) is 31.9 Å². The lowest BCUT2D eigenvalue weighted by molar-refractivity contribution is 0.390. The SMILES string of the molecule is Cl.NCC1CCCN1S(=O)(=O)c1cc(Cl)ccc1F. The van der Waals surface area contributed by atoms with Crippen molar-refractivity contribution < 1.29 is 12.8 Å². The third kappa shape index (κ3) is 3.20. The van der Waals surface area contributed by atoms with Crippen molar-refractivity contribution in [1.29, 1.82) is 0 Å². The van der Waals surface area contributed by atoms with Gasteiger partial charge in [0.1, 0.15) is 10.7 Å².